The fourth-order valence-corrected chi connectivity index (χ4v) is 10.9. The summed E-state index contributed by atoms with van der Waals surface area (Å²) in [6.07, 6.45) is 88.5. The van der Waals surface area contributed by atoms with Crippen LogP contribution in [0.3, 0.4) is 0 Å². The zero-order chi connectivity index (χ0) is 58.5. The van der Waals surface area contributed by atoms with Gasteiger partial charge in [0.1, 0.15) is 13.2 Å². The van der Waals surface area contributed by atoms with Crippen molar-refractivity contribution in [3.63, 3.8) is 0 Å². The van der Waals surface area contributed by atoms with Crippen molar-refractivity contribution in [1.82, 2.24) is 0 Å². The lowest BCUT2D eigenvalue weighted by molar-refractivity contribution is -0.167. The molecule has 474 valence electrons. The van der Waals surface area contributed by atoms with Crippen molar-refractivity contribution >= 4 is 17.9 Å². The topological polar surface area (TPSA) is 78.9 Å². The van der Waals surface area contributed by atoms with Gasteiger partial charge in [-0.1, -0.05) is 339 Å². The monoisotopic (exact) mass is 1140 g/mol. The standard InChI is InChI=1S/C75H138O6/c1-4-7-10-13-16-19-22-25-28-31-33-34-35-36-37-38-39-40-42-44-47-50-53-56-59-62-65-68-74(77)80-71-72(70-79-73(76)67-64-61-58-55-52-49-46-43-30-27-24-21-18-15-12-9-6-3)81-75(78)69-66-63-60-57-54-51-48-45-41-32-29-26-23-20-17-14-11-8-5-2/h22,25,27,30-31,33,35-36,72H,4-21,23-24,26,28-29,32,34,37-71H2,1-3H3/b25-22-,30-27-,33-31-,36-35-. The number of carbonyl (C=O) groups excluding carboxylic acids is 3. The molecule has 0 saturated heterocycles. The molecule has 0 saturated carbocycles. The molecular weight excluding hydrogens is 997 g/mol. The second kappa shape index (κ2) is 69.9. The maximum absolute atomic E-state index is 13.0. The van der Waals surface area contributed by atoms with E-state index in [4.69, 9.17) is 14.2 Å². The number of allylic oxidation sites excluding steroid dienone is 8. The first-order valence-electron chi connectivity index (χ1n) is 36.1. The van der Waals surface area contributed by atoms with Crippen LogP contribution in [0.5, 0.6) is 0 Å². The molecule has 0 aliphatic heterocycles. The third-order valence-corrected chi connectivity index (χ3v) is 16.3. The van der Waals surface area contributed by atoms with E-state index in [1.54, 1.807) is 0 Å². The Morgan fingerprint density at radius 3 is 0.704 bits per heavy atom. The van der Waals surface area contributed by atoms with Gasteiger partial charge >= 0.3 is 17.9 Å². The largest absolute Gasteiger partial charge is 0.462 e. The molecule has 0 aliphatic rings. The first-order chi connectivity index (χ1) is 40.0. The van der Waals surface area contributed by atoms with Crippen LogP contribution in [0.25, 0.3) is 0 Å². The van der Waals surface area contributed by atoms with Gasteiger partial charge in [-0.05, 0) is 83.5 Å². The van der Waals surface area contributed by atoms with Crippen LogP contribution in [0.2, 0.25) is 0 Å². The average molecular weight is 1140 g/mol. The molecule has 0 fully saturated rings. The molecule has 0 aromatic carbocycles. The van der Waals surface area contributed by atoms with E-state index >= 15 is 0 Å². The lowest BCUT2D eigenvalue weighted by atomic mass is 10.0. The summed E-state index contributed by atoms with van der Waals surface area (Å²) in [5, 5.41) is 0. The second-order valence-electron chi connectivity index (χ2n) is 24.5. The van der Waals surface area contributed by atoms with Crippen molar-refractivity contribution in [2.75, 3.05) is 13.2 Å². The third-order valence-electron chi connectivity index (χ3n) is 16.3. The van der Waals surface area contributed by atoms with E-state index in [0.29, 0.717) is 19.3 Å². The van der Waals surface area contributed by atoms with E-state index < -0.39 is 6.10 Å². The molecule has 0 heterocycles. The number of hydrogen-bond acceptors (Lipinski definition) is 6. The Morgan fingerprint density at radius 1 is 0.247 bits per heavy atom. The second-order valence-corrected chi connectivity index (χ2v) is 24.5. The summed E-state index contributed by atoms with van der Waals surface area (Å²) in [7, 11) is 0. The van der Waals surface area contributed by atoms with Crippen molar-refractivity contribution in [3.8, 4) is 0 Å². The Labute approximate surface area is 505 Å². The molecule has 0 aliphatic carbocycles. The van der Waals surface area contributed by atoms with Crippen LogP contribution < -0.4 is 0 Å². The predicted molar refractivity (Wildman–Crippen MR) is 353 cm³/mol. The molecule has 1 atom stereocenters. The normalized spacial score (nSPS) is 12.3. The van der Waals surface area contributed by atoms with Crippen molar-refractivity contribution in [2.45, 2.75) is 399 Å². The van der Waals surface area contributed by atoms with Gasteiger partial charge in [-0.15, -0.1) is 0 Å². The van der Waals surface area contributed by atoms with E-state index in [-0.39, 0.29) is 31.1 Å². The molecule has 0 aromatic rings. The first kappa shape index (κ1) is 78.4. The Kier molecular flexibility index (Phi) is 67.6. The smallest absolute Gasteiger partial charge is 0.306 e. The van der Waals surface area contributed by atoms with Gasteiger partial charge in [-0.25, -0.2) is 0 Å². The van der Waals surface area contributed by atoms with Crippen LogP contribution in [-0.4, -0.2) is 37.2 Å². The molecule has 0 N–H and O–H groups in total. The highest BCUT2D eigenvalue weighted by Crippen LogP contribution is 2.18. The lowest BCUT2D eigenvalue weighted by Gasteiger charge is -2.18. The molecular formula is C75H138O6. The minimum atomic E-state index is -0.775. The molecule has 1 unspecified atom stereocenters. The zero-order valence-corrected chi connectivity index (χ0v) is 54.6. The quantitative estimate of drug-likeness (QED) is 0.0261. The van der Waals surface area contributed by atoms with Crippen LogP contribution in [0, 0.1) is 0 Å². The molecule has 0 bridgehead atoms. The molecule has 0 spiro atoms. The molecule has 0 amide bonds. The number of carbonyl (C=O) groups is 3. The third kappa shape index (κ3) is 68.0. The van der Waals surface area contributed by atoms with Crippen LogP contribution in [0.4, 0.5) is 0 Å². The van der Waals surface area contributed by atoms with E-state index in [2.05, 4.69) is 69.4 Å². The van der Waals surface area contributed by atoms with Gasteiger partial charge in [0.15, 0.2) is 6.10 Å². The van der Waals surface area contributed by atoms with Gasteiger partial charge in [0.05, 0.1) is 0 Å². The van der Waals surface area contributed by atoms with E-state index in [0.717, 1.165) is 70.6 Å². The summed E-state index contributed by atoms with van der Waals surface area (Å²) >= 11 is 0. The highest BCUT2D eigenvalue weighted by molar-refractivity contribution is 5.71. The van der Waals surface area contributed by atoms with Crippen LogP contribution >= 0.6 is 0 Å². The Morgan fingerprint density at radius 2 is 0.444 bits per heavy atom. The molecule has 81 heavy (non-hydrogen) atoms. The molecule has 0 aromatic heterocycles. The highest BCUT2D eigenvalue weighted by atomic mass is 16.6. The maximum Gasteiger partial charge on any atom is 0.306 e. The minimum absolute atomic E-state index is 0.0708. The number of rotatable bonds is 67. The van der Waals surface area contributed by atoms with Crippen LogP contribution in [0.1, 0.15) is 393 Å². The zero-order valence-electron chi connectivity index (χ0n) is 54.6. The van der Waals surface area contributed by atoms with E-state index in [1.165, 1.54) is 283 Å². The van der Waals surface area contributed by atoms with E-state index in [9.17, 15) is 14.4 Å². The van der Waals surface area contributed by atoms with Gasteiger partial charge in [0, 0.05) is 19.3 Å². The fourth-order valence-electron chi connectivity index (χ4n) is 10.9. The first-order valence-corrected chi connectivity index (χ1v) is 36.1. The predicted octanol–water partition coefficient (Wildman–Crippen LogP) is 24.9. The summed E-state index contributed by atoms with van der Waals surface area (Å²) in [5.41, 5.74) is 0. The van der Waals surface area contributed by atoms with Gasteiger partial charge in [0.2, 0.25) is 0 Å². The molecule has 0 rings (SSSR count). The minimum Gasteiger partial charge on any atom is -0.462 e. The van der Waals surface area contributed by atoms with Gasteiger partial charge in [-0.3, -0.25) is 14.4 Å². The number of esters is 3. The molecule has 6 nitrogen and oxygen atoms in total. The van der Waals surface area contributed by atoms with E-state index in [1.807, 2.05) is 0 Å². The molecule has 6 heteroatoms. The average Bonchev–Trinajstić information content (AvgIpc) is 3.47. The number of hydrogen-bond donors (Lipinski definition) is 0. The Hall–Kier alpha value is -2.63. The van der Waals surface area contributed by atoms with Gasteiger partial charge in [0.25, 0.3) is 0 Å². The van der Waals surface area contributed by atoms with Crippen LogP contribution in [-0.2, 0) is 28.6 Å². The maximum atomic E-state index is 13.0. The van der Waals surface area contributed by atoms with Crippen molar-refractivity contribution < 1.29 is 28.6 Å². The fraction of sp³-hybridized carbons (Fsp3) is 0.853. The van der Waals surface area contributed by atoms with Crippen LogP contribution in [0.15, 0.2) is 48.6 Å². The SMILES string of the molecule is CCCCCCC/C=C\C/C=C\C/C=C\CCCCCCCCCCCCCCC(=O)OCC(COC(=O)CCCCCCCCC/C=C\CCCCCCCC)OC(=O)CCCCCCCCCCCCCCCCCCCCC. The summed E-state index contributed by atoms with van der Waals surface area (Å²) in [6, 6.07) is 0. The summed E-state index contributed by atoms with van der Waals surface area (Å²) in [6.45, 7) is 6.69. The summed E-state index contributed by atoms with van der Waals surface area (Å²) in [4.78, 5) is 38.5. The summed E-state index contributed by atoms with van der Waals surface area (Å²) in [5.74, 6) is -0.848. The van der Waals surface area contributed by atoms with Crippen molar-refractivity contribution in [2.24, 2.45) is 0 Å². The van der Waals surface area contributed by atoms with Gasteiger partial charge < -0.3 is 14.2 Å². The molecule has 0 radical (unpaired) electrons. The Bertz CT molecular complexity index is 1400. The lowest BCUT2D eigenvalue weighted by Crippen LogP contribution is -2.30. The Balaban J connectivity index is 4.29. The summed E-state index contributed by atoms with van der Waals surface area (Å²) < 4.78 is 17.0. The highest BCUT2D eigenvalue weighted by Gasteiger charge is 2.19. The van der Waals surface area contributed by atoms with Crippen molar-refractivity contribution in [3.05, 3.63) is 48.6 Å². The number of unbranched alkanes of at least 4 members (excludes halogenated alkanes) is 48. The van der Waals surface area contributed by atoms with Crippen molar-refractivity contribution in [1.29, 1.82) is 0 Å². The van der Waals surface area contributed by atoms with Gasteiger partial charge in [-0.2, -0.15) is 0 Å². The number of ether oxygens (including phenoxy) is 3.